The second-order valence-electron chi connectivity index (χ2n) is 6.99. The van der Waals surface area contributed by atoms with Gasteiger partial charge in [-0.15, -0.1) is 0 Å². The first kappa shape index (κ1) is 15.1. The quantitative estimate of drug-likeness (QED) is 0.847. The summed E-state index contributed by atoms with van der Waals surface area (Å²) in [6, 6.07) is 6.23. The molecule has 1 aliphatic carbocycles. The maximum absolute atomic E-state index is 13.5. The van der Waals surface area contributed by atoms with Gasteiger partial charge >= 0.3 is 0 Å². The minimum absolute atomic E-state index is 0.00660. The number of fused-ring (bicyclic) bond motifs is 1. The molecule has 22 heavy (non-hydrogen) atoms. The Hall–Kier alpha value is -1.84. The van der Waals surface area contributed by atoms with Crippen LogP contribution in [0, 0.1) is 11.2 Å². The molecule has 0 aliphatic heterocycles. The predicted octanol–water partition coefficient (Wildman–Crippen LogP) is 3.78. The summed E-state index contributed by atoms with van der Waals surface area (Å²) in [5.41, 5.74) is 2.73. The van der Waals surface area contributed by atoms with Crippen LogP contribution in [0.15, 0.2) is 29.1 Å². The molecule has 3 nitrogen and oxygen atoms in total. The molecule has 0 spiro atoms. The molecule has 1 aromatic heterocycles. The highest BCUT2D eigenvalue weighted by atomic mass is 19.1. The van der Waals surface area contributed by atoms with E-state index >= 15 is 0 Å². The van der Waals surface area contributed by atoms with E-state index < -0.39 is 0 Å². The van der Waals surface area contributed by atoms with Gasteiger partial charge < -0.3 is 0 Å². The lowest BCUT2D eigenvalue weighted by atomic mass is 9.77. The third-order valence-electron chi connectivity index (χ3n) is 4.97. The van der Waals surface area contributed by atoms with Gasteiger partial charge in [0.05, 0.1) is 5.69 Å². The van der Waals surface area contributed by atoms with Gasteiger partial charge in [-0.1, -0.05) is 33.3 Å². The minimum Gasteiger partial charge on any atom is -0.285 e. The Balaban J connectivity index is 2.20. The highest BCUT2D eigenvalue weighted by Gasteiger charge is 2.43. The lowest BCUT2D eigenvalue weighted by Crippen LogP contribution is -2.27. The van der Waals surface area contributed by atoms with Crippen molar-refractivity contribution in [3.05, 3.63) is 51.7 Å². The fourth-order valence-electron chi connectivity index (χ4n) is 3.90. The highest BCUT2D eigenvalue weighted by molar-refractivity contribution is 5.39. The second-order valence-corrected chi connectivity index (χ2v) is 6.99. The average molecular weight is 302 g/mol. The van der Waals surface area contributed by atoms with Gasteiger partial charge in [-0.2, -0.15) is 0 Å². The van der Waals surface area contributed by atoms with Crippen LogP contribution in [-0.4, -0.2) is 9.36 Å². The molecule has 0 fully saturated rings. The summed E-state index contributed by atoms with van der Waals surface area (Å²) >= 11 is 0. The van der Waals surface area contributed by atoms with Crippen LogP contribution < -0.4 is 5.56 Å². The van der Waals surface area contributed by atoms with Gasteiger partial charge in [-0.05, 0) is 42.4 Å². The number of rotatable bonds is 3. The van der Waals surface area contributed by atoms with Crippen LogP contribution in [0.25, 0.3) is 5.69 Å². The van der Waals surface area contributed by atoms with E-state index in [9.17, 15) is 9.18 Å². The zero-order valence-electron chi connectivity index (χ0n) is 13.7. The molecule has 1 atom stereocenters. The van der Waals surface area contributed by atoms with Crippen molar-refractivity contribution in [2.24, 2.45) is 12.5 Å². The fourth-order valence-corrected chi connectivity index (χ4v) is 3.90. The molecule has 0 amide bonds. The molecular formula is C18H23FN2O. The Kier molecular flexibility index (Phi) is 3.50. The summed E-state index contributed by atoms with van der Waals surface area (Å²) in [6.07, 6.45) is 2.96. The Morgan fingerprint density at radius 3 is 2.73 bits per heavy atom. The van der Waals surface area contributed by atoms with E-state index in [0.717, 1.165) is 30.5 Å². The second kappa shape index (κ2) is 5.11. The molecule has 3 rings (SSSR count). The van der Waals surface area contributed by atoms with Crippen molar-refractivity contribution in [3.63, 3.8) is 0 Å². The smallest absolute Gasteiger partial charge is 0.275 e. The third kappa shape index (κ3) is 2.13. The summed E-state index contributed by atoms with van der Waals surface area (Å²) < 4.78 is 17.0. The standard InChI is InChI=1S/C18H23FN2O/c1-5-7-14-16-15(11-18(14,2)3)20(4)21(17(16)22)13-9-6-8-12(19)10-13/h6,8-10,14H,5,7,11H2,1-4H3/t14-/m1/s1. The molecule has 0 bridgehead atoms. The van der Waals surface area contributed by atoms with Gasteiger partial charge in [0.15, 0.2) is 0 Å². The van der Waals surface area contributed by atoms with Crippen molar-refractivity contribution < 1.29 is 4.39 Å². The molecule has 0 saturated carbocycles. The lowest BCUT2D eigenvalue weighted by molar-refractivity contribution is 0.290. The van der Waals surface area contributed by atoms with Gasteiger partial charge in [-0.25, -0.2) is 9.07 Å². The highest BCUT2D eigenvalue weighted by Crippen LogP contribution is 2.48. The van der Waals surface area contributed by atoms with Gasteiger partial charge in [-0.3, -0.25) is 9.48 Å². The van der Waals surface area contributed by atoms with Gasteiger partial charge in [0.1, 0.15) is 5.82 Å². The Bertz CT molecular complexity index is 770. The molecular weight excluding hydrogens is 279 g/mol. The zero-order chi connectivity index (χ0) is 16.1. The predicted molar refractivity (Wildman–Crippen MR) is 86.1 cm³/mol. The van der Waals surface area contributed by atoms with E-state index in [-0.39, 0.29) is 22.7 Å². The van der Waals surface area contributed by atoms with E-state index in [2.05, 4.69) is 20.8 Å². The fraction of sp³-hybridized carbons (Fsp3) is 0.500. The lowest BCUT2D eigenvalue weighted by Gasteiger charge is -2.27. The molecule has 2 aromatic rings. The molecule has 1 aromatic carbocycles. The number of benzene rings is 1. The molecule has 4 heteroatoms. The van der Waals surface area contributed by atoms with E-state index in [1.54, 1.807) is 16.8 Å². The molecule has 1 heterocycles. The first-order valence-electron chi connectivity index (χ1n) is 7.93. The normalized spacial score (nSPS) is 19.4. The van der Waals surface area contributed by atoms with Crippen LogP contribution >= 0.6 is 0 Å². The minimum atomic E-state index is -0.323. The average Bonchev–Trinajstić information content (AvgIpc) is 2.83. The molecule has 118 valence electrons. The van der Waals surface area contributed by atoms with Crippen LogP contribution in [0.2, 0.25) is 0 Å². The van der Waals surface area contributed by atoms with Crippen LogP contribution in [-0.2, 0) is 13.5 Å². The van der Waals surface area contributed by atoms with Crippen molar-refractivity contribution in [1.29, 1.82) is 0 Å². The number of hydrogen-bond acceptors (Lipinski definition) is 1. The number of hydrogen-bond donors (Lipinski definition) is 0. The summed E-state index contributed by atoms with van der Waals surface area (Å²) in [6.45, 7) is 6.63. The molecule has 0 unspecified atom stereocenters. The van der Waals surface area contributed by atoms with E-state index in [4.69, 9.17) is 0 Å². The Morgan fingerprint density at radius 2 is 2.09 bits per heavy atom. The van der Waals surface area contributed by atoms with Crippen molar-refractivity contribution in [2.45, 2.75) is 46.0 Å². The molecule has 0 N–H and O–H groups in total. The van der Waals surface area contributed by atoms with Crippen molar-refractivity contribution in [2.75, 3.05) is 0 Å². The van der Waals surface area contributed by atoms with Crippen LogP contribution in [0.4, 0.5) is 4.39 Å². The van der Waals surface area contributed by atoms with Crippen LogP contribution in [0.3, 0.4) is 0 Å². The van der Waals surface area contributed by atoms with Crippen molar-refractivity contribution in [1.82, 2.24) is 9.36 Å². The number of nitrogens with zero attached hydrogens (tertiary/aromatic N) is 2. The number of halogens is 1. The largest absolute Gasteiger partial charge is 0.285 e. The van der Waals surface area contributed by atoms with Gasteiger partial charge in [0.25, 0.3) is 5.56 Å². The Morgan fingerprint density at radius 1 is 1.36 bits per heavy atom. The zero-order valence-corrected chi connectivity index (χ0v) is 13.7. The van der Waals surface area contributed by atoms with Gasteiger partial charge in [0.2, 0.25) is 0 Å². The summed E-state index contributed by atoms with van der Waals surface area (Å²) in [4.78, 5) is 13.0. The summed E-state index contributed by atoms with van der Waals surface area (Å²) in [7, 11) is 1.90. The van der Waals surface area contributed by atoms with Crippen molar-refractivity contribution >= 4 is 0 Å². The third-order valence-corrected chi connectivity index (χ3v) is 4.97. The number of aromatic nitrogens is 2. The molecule has 0 saturated heterocycles. The van der Waals surface area contributed by atoms with Crippen molar-refractivity contribution in [3.8, 4) is 5.69 Å². The monoisotopic (exact) mass is 302 g/mol. The SMILES string of the molecule is CCC[C@@H]1c2c(n(C)n(-c3cccc(F)c3)c2=O)CC1(C)C. The topological polar surface area (TPSA) is 26.9 Å². The van der Waals surface area contributed by atoms with Crippen LogP contribution in [0.5, 0.6) is 0 Å². The first-order valence-corrected chi connectivity index (χ1v) is 7.93. The van der Waals surface area contributed by atoms with Gasteiger partial charge in [0, 0.05) is 18.3 Å². The van der Waals surface area contributed by atoms with E-state index in [1.807, 2.05) is 11.7 Å². The molecule has 0 radical (unpaired) electrons. The van der Waals surface area contributed by atoms with E-state index in [1.165, 1.54) is 12.1 Å². The first-order chi connectivity index (χ1) is 10.4. The Labute approximate surface area is 130 Å². The maximum atomic E-state index is 13.5. The molecule has 1 aliphatic rings. The summed E-state index contributed by atoms with van der Waals surface area (Å²) in [5.74, 6) is -0.0443. The van der Waals surface area contributed by atoms with E-state index in [0.29, 0.717) is 5.69 Å². The van der Waals surface area contributed by atoms with Crippen LogP contribution in [0.1, 0.15) is 50.8 Å². The summed E-state index contributed by atoms with van der Waals surface area (Å²) in [5, 5.41) is 0. The maximum Gasteiger partial charge on any atom is 0.275 e.